The summed E-state index contributed by atoms with van der Waals surface area (Å²) in [5.74, 6) is 0.873. The number of thioether (sulfide) groups is 1. The average Bonchev–Trinajstić information content (AvgIpc) is 3.47. The second kappa shape index (κ2) is 8.67. The number of carbonyl (C=O) groups excluding carboxylic acids is 1. The first-order chi connectivity index (χ1) is 14.1. The van der Waals surface area contributed by atoms with Gasteiger partial charge in [-0.1, -0.05) is 30.0 Å². The van der Waals surface area contributed by atoms with Crippen LogP contribution in [0, 0.1) is 5.82 Å². The number of benzene rings is 1. The minimum Gasteiger partial charge on any atom is -0.455 e. The summed E-state index contributed by atoms with van der Waals surface area (Å²) in [6, 6.07) is 13.1. The maximum atomic E-state index is 13.3. The van der Waals surface area contributed by atoms with Gasteiger partial charge in [-0.05, 0) is 41.3 Å². The van der Waals surface area contributed by atoms with E-state index in [2.05, 4.69) is 10.3 Å². The van der Waals surface area contributed by atoms with Crippen molar-refractivity contribution in [2.24, 2.45) is 7.05 Å². The predicted molar refractivity (Wildman–Crippen MR) is 112 cm³/mol. The van der Waals surface area contributed by atoms with Crippen molar-refractivity contribution in [3.8, 4) is 0 Å². The molecule has 1 atom stereocenters. The number of aryl methyl sites for hydroxylation is 1. The number of amides is 1. The molecule has 0 unspecified atom stereocenters. The van der Waals surface area contributed by atoms with Crippen LogP contribution in [-0.2, 0) is 12.8 Å². The van der Waals surface area contributed by atoms with Gasteiger partial charge in [-0.15, -0.1) is 11.3 Å². The maximum absolute atomic E-state index is 13.3. The van der Waals surface area contributed by atoms with E-state index in [9.17, 15) is 9.18 Å². The van der Waals surface area contributed by atoms with E-state index in [1.807, 2.05) is 35.3 Å². The Bertz CT molecular complexity index is 1090. The van der Waals surface area contributed by atoms with E-state index in [0.29, 0.717) is 11.5 Å². The number of halogens is 1. The molecule has 0 saturated carbocycles. The van der Waals surface area contributed by atoms with Crippen molar-refractivity contribution in [3.63, 3.8) is 0 Å². The molecular formula is C21H18FN3O2S2. The Hall–Kier alpha value is -2.84. The van der Waals surface area contributed by atoms with E-state index >= 15 is 0 Å². The van der Waals surface area contributed by atoms with Gasteiger partial charge in [-0.3, -0.25) is 4.79 Å². The second-order valence-electron chi connectivity index (χ2n) is 6.35. The number of thiophene rings is 1. The predicted octanol–water partition coefficient (Wildman–Crippen LogP) is 5.03. The number of carbonyl (C=O) groups is 1. The number of furan rings is 1. The van der Waals surface area contributed by atoms with Gasteiger partial charge in [0.05, 0.1) is 11.8 Å². The Balaban J connectivity index is 1.47. The van der Waals surface area contributed by atoms with E-state index in [4.69, 9.17) is 4.42 Å². The average molecular weight is 428 g/mol. The van der Waals surface area contributed by atoms with Gasteiger partial charge < -0.3 is 14.3 Å². The van der Waals surface area contributed by atoms with Crippen molar-refractivity contribution in [1.82, 2.24) is 14.9 Å². The quantitative estimate of drug-likeness (QED) is 0.421. The Morgan fingerprint density at radius 3 is 2.79 bits per heavy atom. The molecule has 5 nitrogen and oxygen atoms in total. The van der Waals surface area contributed by atoms with Crippen LogP contribution in [0.3, 0.4) is 0 Å². The molecule has 0 aliphatic rings. The summed E-state index contributed by atoms with van der Waals surface area (Å²) in [5, 5.41) is 5.81. The molecule has 29 heavy (non-hydrogen) atoms. The first-order valence-electron chi connectivity index (χ1n) is 8.89. The van der Waals surface area contributed by atoms with E-state index in [1.54, 1.807) is 30.5 Å². The zero-order valence-corrected chi connectivity index (χ0v) is 17.2. The molecule has 0 radical (unpaired) electrons. The van der Waals surface area contributed by atoms with Gasteiger partial charge >= 0.3 is 0 Å². The van der Waals surface area contributed by atoms with Crippen LogP contribution in [0.1, 0.15) is 32.8 Å². The lowest BCUT2D eigenvalue weighted by atomic mass is 10.1. The Kier molecular flexibility index (Phi) is 5.82. The van der Waals surface area contributed by atoms with Crippen molar-refractivity contribution in [2.45, 2.75) is 17.0 Å². The summed E-state index contributed by atoms with van der Waals surface area (Å²) in [4.78, 5) is 18.0. The lowest BCUT2D eigenvalue weighted by molar-refractivity contribution is 0.0914. The van der Waals surface area contributed by atoms with E-state index in [-0.39, 0.29) is 23.5 Å². The van der Waals surface area contributed by atoms with Crippen LogP contribution in [0.2, 0.25) is 0 Å². The summed E-state index contributed by atoms with van der Waals surface area (Å²) < 4.78 is 21.0. The van der Waals surface area contributed by atoms with Gasteiger partial charge in [0.1, 0.15) is 11.6 Å². The van der Waals surface area contributed by atoms with Crippen LogP contribution >= 0.6 is 23.1 Å². The molecule has 4 aromatic rings. The van der Waals surface area contributed by atoms with Gasteiger partial charge in [0.25, 0.3) is 5.91 Å². The summed E-state index contributed by atoms with van der Waals surface area (Å²) in [7, 11) is 1.93. The molecule has 0 aliphatic heterocycles. The molecule has 0 aliphatic carbocycles. The zero-order valence-electron chi connectivity index (χ0n) is 15.5. The number of hydrogen-bond acceptors (Lipinski definition) is 5. The SMILES string of the molecule is Cn1ccnc1SCc1ccc(C(=O)N[C@H](c2ccc(F)cc2)c2cccs2)o1. The summed E-state index contributed by atoms with van der Waals surface area (Å²) in [6.45, 7) is 0. The Morgan fingerprint density at radius 1 is 1.28 bits per heavy atom. The van der Waals surface area contributed by atoms with Crippen LogP contribution in [-0.4, -0.2) is 15.5 Å². The van der Waals surface area contributed by atoms with E-state index in [0.717, 1.165) is 15.6 Å². The third-order valence-corrected chi connectivity index (χ3v) is 6.33. The number of nitrogens with one attached hydrogen (secondary N) is 1. The highest BCUT2D eigenvalue weighted by Crippen LogP contribution is 2.27. The maximum Gasteiger partial charge on any atom is 0.287 e. The number of hydrogen-bond donors (Lipinski definition) is 1. The molecule has 0 spiro atoms. The molecule has 0 saturated heterocycles. The standard InChI is InChI=1S/C21H18FN3O2S2/c1-25-11-10-23-21(25)29-13-16-8-9-17(27-16)20(26)24-19(18-3-2-12-28-18)14-4-6-15(22)7-5-14/h2-12,19H,13H2,1H3,(H,24,26)/t19-/m1/s1. The van der Waals surface area contributed by atoms with E-state index < -0.39 is 0 Å². The molecule has 3 aromatic heterocycles. The fourth-order valence-electron chi connectivity index (χ4n) is 2.84. The van der Waals surface area contributed by atoms with Crippen LogP contribution in [0.4, 0.5) is 4.39 Å². The van der Waals surface area contributed by atoms with Crippen LogP contribution < -0.4 is 5.32 Å². The van der Waals surface area contributed by atoms with Crippen molar-refractivity contribution >= 4 is 29.0 Å². The highest BCUT2D eigenvalue weighted by Gasteiger charge is 2.21. The van der Waals surface area contributed by atoms with Crippen LogP contribution in [0.15, 0.2) is 75.9 Å². The summed E-state index contributed by atoms with van der Waals surface area (Å²) in [5.41, 5.74) is 0.805. The topological polar surface area (TPSA) is 60.1 Å². The van der Waals surface area contributed by atoms with Crippen LogP contribution in [0.25, 0.3) is 0 Å². The van der Waals surface area contributed by atoms with Gasteiger partial charge in [0.2, 0.25) is 0 Å². The fraction of sp³-hybridized carbons (Fsp3) is 0.143. The number of imidazole rings is 1. The molecule has 1 aromatic carbocycles. The Labute approximate surface area is 175 Å². The zero-order chi connectivity index (χ0) is 20.2. The number of nitrogens with zero attached hydrogens (tertiary/aromatic N) is 2. The van der Waals surface area contributed by atoms with Gasteiger partial charge in [-0.2, -0.15) is 0 Å². The van der Waals surface area contributed by atoms with Crippen LogP contribution in [0.5, 0.6) is 0 Å². The van der Waals surface area contributed by atoms with Gasteiger partial charge in [-0.25, -0.2) is 9.37 Å². The number of rotatable bonds is 7. The molecule has 0 fully saturated rings. The smallest absolute Gasteiger partial charge is 0.287 e. The van der Waals surface area contributed by atoms with Crippen molar-refractivity contribution in [3.05, 3.63) is 94.1 Å². The second-order valence-corrected chi connectivity index (χ2v) is 8.27. The first-order valence-corrected chi connectivity index (χ1v) is 10.8. The first kappa shape index (κ1) is 19.5. The third kappa shape index (κ3) is 4.60. The molecule has 1 N–H and O–H groups in total. The van der Waals surface area contributed by atoms with Gasteiger partial charge in [0, 0.05) is 24.3 Å². The normalized spacial score (nSPS) is 12.1. The highest BCUT2D eigenvalue weighted by molar-refractivity contribution is 7.98. The third-order valence-electron chi connectivity index (χ3n) is 4.31. The summed E-state index contributed by atoms with van der Waals surface area (Å²) >= 11 is 3.06. The monoisotopic (exact) mass is 427 g/mol. The lowest BCUT2D eigenvalue weighted by Crippen LogP contribution is -2.28. The van der Waals surface area contributed by atoms with Crippen molar-refractivity contribution in [1.29, 1.82) is 0 Å². The molecule has 4 rings (SSSR count). The minimum absolute atomic E-state index is 0.240. The minimum atomic E-state index is -0.376. The molecular weight excluding hydrogens is 409 g/mol. The molecule has 0 bridgehead atoms. The summed E-state index contributed by atoms with van der Waals surface area (Å²) in [6.07, 6.45) is 3.62. The molecule has 1 amide bonds. The molecule has 8 heteroatoms. The molecule has 3 heterocycles. The van der Waals surface area contributed by atoms with Gasteiger partial charge in [0.15, 0.2) is 10.9 Å². The fourth-order valence-corrected chi connectivity index (χ4v) is 4.46. The largest absolute Gasteiger partial charge is 0.455 e. The van der Waals surface area contributed by atoms with Crippen molar-refractivity contribution in [2.75, 3.05) is 0 Å². The Morgan fingerprint density at radius 2 is 2.10 bits per heavy atom. The lowest BCUT2D eigenvalue weighted by Gasteiger charge is -2.17. The highest BCUT2D eigenvalue weighted by atomic mass is 32.2. The number of aromatic nitrogens is 2. The van der Waals surface area contributed by atoms with E-state index in [1.165, 1.54) is 35.2 Å². The molecule has 148 valence electrons. The van der Waals surface area contributed by atoms with Crippen molar-refractivity contribution < 1.29 is 13.6 Å².